The third-order valence-electron chi connectivity index (χ3n) is 5.29. The van der Waals surface area contributed by atoms with Gasteiger partial charge in [-0.25, -0.2) is 4.68 Å². The quantitative estimate of drug-likeness (QED) is 0.650. The molecule has 1 aliphatic heterocycles. The van der Waals surface area contributed by atoms with Gasteiger partial charge in [0.05, 0.1) is 33.3 Å². The normalized spacial score (nSPS) is 15.0. The second-order valence-electron chi connectivity index (χ2n) is 7.24. The van der Waals surface area contributed by atoms with E-state index in [4.69, 9.17) is 17.0 Å². The lowest BCUT2D eigenvalue weighted by Crippen LogP contribution is -3.14. The monoisotopic (exact) mass is 396 g/mol. The zero-order valence-electron chi connectivity index (χ0n) is 16.3. The summed E-state index contributed by atoms with van der Waals surface area (Å²) in [5.41, 5.74) is 3.55. The molecule has 4 rings (SSSR count). The fraction of sp³-hybridized carbons (Fsp3) is 0.333. The van der Waals surface area contributed by atoms with Crippen LogP contribution >= 0.6 is 12.2 Å². The van der Waals surface area contributed by atoms with Crippen LogP contribution in [0.2, 0.25) is 0 Å². The Hall–Kier alpha value is -2.64. The van der Waals surface area contributed by atoms with Crippen LogP contribution in [0.15, 0.2) is 48.5 Å². The predicted molar refractivity (Wildman–Crippen MR) is 113 cm³/mol. The largest absolute Gasteiger partial charge is 0.497 e. The summed E-state index contributed by atoms with van der Waals surface area (Å²) in [7, 11) is 1.70. The van der Waals surface area contributed by atoms with E-state index in [1.54, 1.807) is 7.11 Å². The molecule has 0 atom stereocenters. The number of rotatable bonds is 5. The molecule has 1 saturated heterocycles. The summed E-state index contributed by atoms with van der Waals surface area (Å²) < 4.78 is 7.85. The van der Waals surface area contributed by atoms with Gasteiger partial charge in [0, 0.05) is 11.3 Å². The first-order valence-corrected chi connectivity index (χ1v) is 9.99. The topological polar surface area (TPSA) is 50.5 Å². The van der Waals surface area contributed by atoms with Gasteiger partial charge in [-0.15, -0.1) is 0 Å². The van der Waals surface area contributed by atoms with Crippen molar-refractivity contribution in [3.05, 3.63) is 58.9 Å². The van der Waals surface area contributed by atoms with Crippen molar-refractivity contribution in [2.24, 2.45) is 0 Å². The van der Waals surface area contributed by atoms with E-state index in [9.17, 15) is 0 Å². The summed E-state index contributed by atoms with van der Waals surface area (Å²) in [5, 5.41) is 3.37. The van der Waals surface area contributed by atoms with Crippen LogP contribution in [0.1, 0.15) is 5.56 Å². The van der Waals surface area contributed by atoms with E-state index in [0.717, 1.165) is 50.0 Å². The molecule has 0 radical (unpaired) electrons. The fourth-order valence-electron chi connectivity index (χ4n) is 3.56. The second-order valence-corrected chi connectivity index (χ2v) is 7.61. The number of nitrogens with zero attached hydrogens (tertiary/aromatic N) is 3. The molecule has 0 bridgehead atoms. The molecule has 1 fully saturated rings. The summed E-state index contributed by atoms with van der Waals surface area (Å²) in [6, 6.07) is 16.6. The number of methoxy groups -OCH3 is 1. The number of aromatic amines is 1. The van der Waals surface area contributed by atoms with Crippen molar-refractivity contribution in [1.82, 2.24) is 14.8 Å². The first-order valence-electron chi connectivity index (χ1n) is 9.59. The Morgan fingerprint density at radius 3 is 2.39 bits per heavy atom. The molecule has 0 saturated carbocycles. The summed E-state index contributed by atoms with van der Waals surface area (Å²) in [5.74, 6) is 1.73. The van der Waals surface area contributed by atoms with Crippen molar-refractivity contribution in [3.63, 3.8) is 0 Å². The van der Waals surface area contributed by atoms with Crippen LogP contribution in [0.3, 0.4) is 0 Å². The van der Waals surface area contributed by atoms with Crippen LogP contribution in [-0.2, 0) is 6.67 Å². The maximum atomic E-state index is 5.48. The highest BCUT2D eigenvalue weighted by atomic mass is 32.1. The molecule has 0 unspecified atom stereocenters. The van der Waals surface area contributed by atoms with Crippen LogP contribution < -0.4 is 14.5 Å². The lowest BCUT2D eigenvalue weighted by Gasteiger charge is -2.33. The molecule has 146 valence electrons. The second kappa shape index (κ2) is 8.16. The number of ether oxygens (including phenoxy) is 1. The number of anilines is 1. The molecule has 7 heteroatoms. The molecule has 1 aromatic heterocycles. The van der Waals surface area contributed by atoms with Gasteiger partial charge in [0.2, 0.25) is 4.77 Å². The average molecular weight is 397 g/mol. The van der Waals surface area contributed by atoms with E-state index >= 15 is 0 Å². The molecule has 3 aromatic rings. The highest BCUT2D eigenvalue weighted by Gasteiger charge is 2.21. The molecular formula is C21H26N5OS+. The van der Waals surface area contributed by atoms with Gasteiger partial charge in [0.1, 0.15) is 5.75 Å². The lowest BCUT2D eigenvalue weighted by atomic mass is 10.1. The lowest BCUT2D eigenvalue weighted by molar-refractivity contribution is -0.924. The minimum absolute atomic E-state index is 0.612. The standard InChI is InChI=1S/C21H25N5OS/c1-16-3-5-17(6-4-16)20-22-21(28)26(23-20)15-24-11-13-25(14-12-24)18-7-9-19(27-2)10-8-18/h3-10H,11-15H2,1-2H3,(H,22,23,28)/p+1. The highest BCUT2D eigenvalue weighted by molar-refractivity contribution is 7.71. The van der Waals surface area contributed by atoms with Crippen molar-refractivity contribution in [2.75, 3.05) is 38.2 Å². The van der Waals surface area contributed by atoms with Crippen LogP contribution in [0.5, 0.6) is 5.75 Å². The van der Waals surface area contributed by atoms with Gasteiger partial charge in [-0.1, -0.05) is 29.8 Å². The van der Waals surface area contributed by atoms with Crippen LogP contribution in [0.4, 0.5) is 5.69 Å². The number of aryl methyl sites for hydroxylation is 1. The third-order valence-corrected chi connectivity index (χ3v) is 5.61. The van der Waals surface area contributed by atoms with Gasteiger partial charge >= 0.3 is 0 Å². The summed E-state index contributed by atoms with van der Waals surface area (Å²) in [6.45, 7) is 7.06. The van der Waals surface area contributed by atoms with Crippen molar-refractivity contribution >= 4 is 17.9 Å². The number of piperazine rings is 1. The SMILES string of the molecule is COc1ccc(N2CC[NH+](Cn3[nH]c(-c4ccc(C)cc4)nc3=S)CC2)cc1. The van der Waals surface area contributed by atoms with E-state index in [1.165, 1.54) is 16.2 Å². The number of quaternary nitrogens is 1. The van der Waals surface area contributed by atoms with Crippen LogP contribution in [-0.4, -0.2) is 48.1 Å². The number of H-pyrrole nitrogens is 1. The molecular weight excluding hydrogens is 370 g/mol. The smallest absolute Gasteiger partial charge is 0.221 e. The minimum Gasteiger partial charge on any atom is -0.497 e. The number of hydrogen-bond donors (Lipinski definition) is 2. The Morgan fingerprint density at radius 2 is 1.75 bits per heavy atom. The third kappa shape index (κ3) is 4.10. The summed E-state index contributed by atoms with van der Waals surface area (Å²) in [6.07, 6.45) is 0. The molecule has 6 nitrogen and oxygen atoms in total. The Balaban J connectivity index is 1.38. The molecule has 0 spiro atoms. The van der Waals surface area contributed by atoms with Crippen molar-refractivity contribution in [2.45, 2.75) is 13.6 Å². The van der Waals surface area contributed by atoms with E-state index in [2.05, 4.69) is 58.3 Å². The first-order chi connectivity index (χ1) is 13.6. The number of aromatic nitrogens is 3. The number of hydrogen-bond acceptors (Lipinski definition) is 4. The molecule has 2 N–H and O–H groups in total. The molecule has 2 heterocycles. The van der Waals surface area contributed by atoms with E-state index in [-0.39, 0.29) is 0 Å². The molecule has 2 aromatic carbocycles. The van der Waals surface area contributed by atoms with Gasteiger partial charge in [0.25, 0.3) is 0 Å². The van der Waals surface area contributed by atoms with Gasteiger partial charge in [-0.2, -0.15) is 4.98 Å². The van der Waals surface area contributed by atoms with Gasteiger partial charge in [-0.3, -0.25) is 5.10 Å². The van der Waals surface area contributed by atoms with Crippen molar-refractivity contribution < 1.29 is 9.64 Å². The van der Waals surface area contributed by atoms with Crippen molar-refractivity contribution in [3.8, 4) is 17.1 Å². The van der Waals surface area contributed by atoms with Crippen molar-refractivity contribution in [1.29, 1.82) is 0 Å². The Bertz CT molecular complexity index is 969. The summed E-state index contributed by atoms with van der Waals surface area (Å²) in [4.78, 5) is 8.46. The Morgan fingerprint density at radius 1 is 1.07 bits per heavy atom. The number of nitrogens with one attached hydrogen (secondary N) is 2. The maximum absolute atomic E-state index is 5.48. The molecule has 0 aliphatic carbocycles. The zero-order valence-corrected chi connectivity index (χ0v) is 17.1. The van der Waals surface area contributed by atoms with E-state index in [1.807, 2.05) is 16.8 Å². The average Bonchev–Trinajstić information content (AvgIpc) is 3.09. The summed E-state index contributed by atoms with van der Waals surface area (Å²) >= 11 is 5.48. The van der Waals surface area contributed by atoms with Gasteiger partial charge in [-0.05, 0) is 43.4 Å². The maximum Gasteiger partial charge on any atom is 0.221 e. The highest BCUT2D eigenvalue weighted by Crippen LogP contribution is 2.19. The Labute approximate surface area is 170 Å². The van der Waals surface area contributed by atoms with E-state index in [0.29, 0.717) is 4.77 Å². The minimum atomic E-state index is 0.612. The Kier molecular flexibility index (Phi) is 5.45. The molecule has 1 aliphatic rings. The van der Waals surface area contributed by atoms with Crippen LogP contribution in [0, 0.1) is 11.7 Å². The van der Waals surface area contributed by atoms with E-state index < -0.39 is 0 Å². The molecule has 28 heavy (non-hydrogen) atoms. The predicted octanol–water partition coefficient (Wildman–Crippen LogP) is 2.29. The first kappa shape index (κ1) is 18.7. The number of benzene rings is 2. The molecule has 0 amide bonds. The fourth-order valence-corrected chi connectivity index (χ4v) is 3.76. The van der Waals surface area contributed by atoms with Gasteiger partial charge < -0.3 is 14.5 Å². The van der Waals surface area contributed by atoms with Gasteiger partial charge in [0.15, 0.2) is 12.5 Å². The van der Waals surface area contributed by atoms with Crippen LogP contribution in [0.25, 0.3) is 11.4 Å². The zero-order chi connectivity index (χ0) is 19.5.